The van der Waals surface area contributed by atoms with E-state index in [0.29, 0.717) is 0 Å². The third kappa shape index (κ3) is 2.93. The first-order valence-electron chi connectivity index (χ1n) is 4.57. The topological polar surface area (TPSA) is 66.5 Å². The largest absolute Gasteiger partial charge is 0.360 e. The highest BCUT2D eigenvalue weighted by atomic mass is 32.2. The maximum absolute atomic E-state index is 4.12. The van der Waals surface area contributed by atoms with Crippen molar-refractivity contribution in [2.45, 2.75) is 17.8 Å². The van der Waals surface area contributed by atoms with Gasteiger partial charge in [-0.15, -0.1) is 10.2 Å². The van der Waals surface area contributed by atoms with E-state index in [2.05, 4.69) is 25.5 Å². The Hall–Kier alpha value is -1.08. The van der Waals surface area contributed by atoms with E-state index in [1.165, 1.54) is 0 Å². The van der Waals surface area contributed by atoms with E-state index in [1.54, 1.807) is 29.3 Å². The Labute approximate surface area is 95.7 Å². The van der Waals surface area contributed by atoms with Gasteiger partial charge in [0.1, 0.15) is 5.01 Å². The minimum Gasteiger partial charge on any atom is -0.360 e. The Bertz CT molecular complexity index is 397. The molecule has 2 N–H and O–H groups in total. The third-order valence-electron chi connectivity index (χ3n) is 1.60. The van der Waals surface area contributed by atoms with Gasteiger partial charge in [-0.05, 0) is 6.92 Å². The van der Waals surface area contributed by atoms with Crippen molar-refractivity contribution in [2.75, 3.05) is 11.9 Å². The van der Waals surface area contributed by atoms with Crippen molar-refractivity contribution < 1.29 is 0 Å². The minimum atomic E-state index is 0.802. The molecule has 0 aliphatic heterocycles. The zero-order valence-corrected chi connectivity index (χ0v) is 9.86. The number of nitrogens with one attached hydrogen (secondary N) is 2. The van der Waals surface area contributed by atoms with Crippen molar-refractivity contribution in [1.29, 1.82) is 0 Å². The number of H-pyrrole nitrogens is 1. The summed E-state index contributed by atoms with van der Waals surface area (Å²) in [6.07, 6.45) is 3.55. The molecule has 2 aromatic rings. The summed E-state index contributed by atoms with van der Waals surface area (Å²) in [6, 6.07) is 0. The summed E-state index contributed by atoms with van der Waals surface area (Å²) in [5.74, 6) is 0.802. The first-order chi connectivity index (χ1) is 7.38. The molecular weight excluding hydrogens is 230 g/mol. The Morgan fingerprint density at radius 2 is 2.47 bits per heavy atom. The summed E-state index contributed by atoms with van der Waals surface area (Å²) in [5, 5.41) is 14.0. The predicted molar refractivity (Wildman–Crippen MR) is 62.2 cm³/mol. The number of hydrogen-bond acceptors (Lipinski definition) is 6. The fraction of sp³-hybridized carbons (Fsp3) is 0.375. The maximum Gasteiger partial charge on any atom is 0.205 e. The standard InChI is InChI=1S/C8H11N5S2/c1-2-9-8-13-12-6(15-8)5-14-7-10-3-4-11-7/h3-4H,2,5H2,1H3,(H,9,13)(H,10,11). The Morgan fingerprint density at radius 3 is 3.20 bits per heavy atom. The van der Waals surface area contributed by atoms with E-state index in [4.69, 9.17) is 0 Å². The van der Waals surface area contributed by atoms with Gasteiger partial charge in [-0.25, -0.2) is 4.98 Å². The lowest BCUT2D eigenvalue weighted by molar-refractivity contribution is 1.02. The van der Waals surface area contributed by atoms with Gasteiger partial charge in [0.15, 0.2) is 5.16 Å². The first kappa shape index (κ1) is 10.4. The van der Waals surface area contributed by atoms with Gasteiger partial charge >= 0.3 is 0 Å². The molecule has 0 saturated heterocycles. The molecule has 15 heavy (non-hydrogen) atoms. The van der Waals surface area contributed by atoms with Crippen LogP contribution in [-0.2, 0) is 5.75 Å². The summed E-state index contributed by atoms with van der Waals surface area (Å²) in [7, 11) is 0. The summed E-state index contributed by atoms with van der Waals surface area (Å²) < 4.78 is 0. The number of nitrogens with zero attached hydrogens (tertiary/aromatic N) is 3. The van der Waals surface area contributed by atoms with Gasteiger partial charge in [-0.3, -0.25) is 0 Å². The lowest BCUT2D eigenvalue weighted by Gasteiger charge is -1.92. The normalized spacial score (nSPS) is 10.5. The summed E-state index contributed by atoms with van der Waals surface area (Å²) in [4.78, 5) is 7.15. The average molecular weight is 241 g/mol. The van der Waals surface area contributed by atoms with Crippen LogP contribution in [0.25, 0.3) is 0 Å². The highest BCUT2D eigenvalue weighted by molar-refractivity contribution is 7.98. The quantitative estimate of drug-likeness (QED) is 0.784. The SMILES string of the molecule is CCNc1nnc(CSc2ncc[nH]2)s1. The molecule has 0 unspecified atom stereocenters. The Kier molecular flexibility index (Phi) is 3.57. The third-order valence-corrected chi connectivity index (χ3v) is 3.58. The first-order valence-corrected chi connectivity index (χ1v) is 6.37. The lowest BCUT2D eigenvalue weighted by atomic mass is 10.8. The van der Waals surface area contributed by atoms with E-state index in [0.717, 1.165) is 27.6 Å². The molecular formula is C8H11N5S2. The van der Waals surface area contributed by atoms with Crippen LogP contribution in [-0.4, -0.2) is 26.7 Å². The Morgan fingerprint density at radius 1 is 1.53 bits per heavy atom. The van der Waals surface area contributed by atoms with Crippen molar-refractivity contribution in [3.63, 3.8) is 0 Å². The second-order valence-electron chi connectivity index (χ2n) is 2.71. The molecule has 0 aliphatic rings. The molecule has 0 radical (unpaired) electrons. The number of thioether (sulfide) groups is 1. The number of hydrogen-bond donors (Lipinski definition) is 2. The van der Waals surface area contributed by atoms with Gasteiger partial charge < -0.3 is 10.3 Å². The van der Waals surface area contributed by atoms with E-state index in [9.17, 15) is 0 Å². The zero-order chi connectivity index (χ0) is 10.5. The number of aromatic nitrogens is 4. The smallest absolute Gasteiger partial charge is 0.205 e. The summed E-state index contributed by atoms with van der Waals surface area (Å²) in [5.41, 5.74) is 0. The van der Waals surface area contributed by atoms with Crippen LogP contribution in [0.15, 0.2) is 17.6 Å². The number of aromatic amines is 1. The monoisotopic (exact) mass is 241 g/mol. The van der Waals surface area contributed by atoms with Gasteiger partial charge in [0.2, 0.25) is 5.13 Å². The van der Waals surface area contributed by atoms with Crippen molar-refractivity contribution in [3.8, 4) is 0 Å². The summed E-state index contributed by atoms with van der Waals surface area (Å²) >= 11 is 3.21. The van der Waals surface area contributed by atoms with E-state index in [1.807, 2.05) is 13.1 Å². The fourth-order valence-electron chi connectivity index (χ4n) is 0.994. The van der Waals surface area contributed by atoms with Gasteiger partial charge in [-0.2, -0.15) is 0 Å². The van der Waals surface area contributed by atoms with Crippen LogP contribution >= 0.6 is 23.1 Å². The average Bonchev–Trinajstić information content (AvgIpc) is 2.85. The molecule has 80 valence electrons. The van der Waals surface area contributed by atoms with Crippen LogP contribution in [0.1, 0.15) is 11.9 Å². The van der Waals surface area contributed by atoms with Crippen LogP contribution < -0.4 is 5.32 Å². The van der Waals surface area contributed by atoms with Gasteiger partial charge in [-0.1, -0.05) is 23.1 Å². The van der Waals surface area contributed by atoms with Crippen LogP contribution in [0.5, 0.6) is 0 Å². The number of rotatable bonds is 5. The van der Waals surface area contributed by atoms with Crippen LogP contribution in [0, 0.1) is 0 Å². The van der Waals surface area contributed by atoms with Crippen LogP contribution in [0.4, 0.5) is 5.13 Å². The van der Waals surface area contributed by atoms with E-state index >= 15 is 0 Å². The summed E-state index contributed by atoms with van der Waals surface area (Å²) in [6.45, 7) is 2.92. The van der Waals surface area contributed by atoms with Gasteiger partial charge in [0.05, 0.1) is 5.75 Å². The lowest BCUT2D eigenvalue weighted by Crippen LogP contribution is -1.94. The number of anilines is 1. The van der Waals surface area contributed by atoms with Crippen LogP contribution in [0.2, 0.25) is 0 Å². The molecule has 2 heterocycles. The molecule has 0 aromatic carbocycles. The molecule has 2 rings (SSSR count). The molecule has 0 aliphatic carbocycles. The van der Waals surface area contributed by atoms with Gasteiger partial charge in [0.25, 0.3) is 0 Å². The fourth-order valence-corrected chi connectivity index (χ4v) is 2.61. The highest BCUT2D eigenvalue weighted by Gasteiger charge is 2.04. The molecule has 0 saturated carbocycles. The van der Waals surface area contributed by atoms with E-state index < -0.39 is 0 Å². The second kappa shape index (κ2) is 5.13. The molecule has 7 heteroatoms. The molecule has 0 spiro atoms. The molecule has 0 atom stereocenters. The predicted octanol–water partition coefficient (Wildman–Crippen LogP) is 1.99. The molecule has 0 bridgehead atoms. The number of imidazole rings is 1. The van der Waals surface area contributed by atoms with Gasteiger partial charge in [0, 0.05) is 18.9 Å². The minimum absolute atomic E-state index is 0.802. The van der Waals surface area contributed by atoms with Crippen molar-refractivity contribution in [1.82, 2.24) is 20.2 Å². The maximum atomic E-state index is 4.12. The highest BCUT2D eigenvalue weighted by Crippen LogP contribution is 2.23. The zero-order valence-electron chi connectivity index (χ0n) is 8.23. The van der Waals surface area contributed by atoms with Crippen LogP contribution in [0.3, 0.4) is 0 Å². The van der Waals surface area contributed by atoms with Crippen molar-refractivity contribution in [3.05, 3.63) is 17.4 Å². The van der Waals surface area contributed by atoms with Crippen molar-refractivity contribution in [2.24, 2.45) is 0 Å². The molecule has 2 aromatic heterocycles. The molecule has 5 nitrogen and oxygen atoms in total. The second-order valence-corrected chi connectivity index (χ2v) is 4.74. The Balaban J connectivity index is 1.88. The van der Waals surface area contributed by atoms with E-state index in [-0.39, 0.29) is 0 Å². The van der Waals surface area contributed by atoms with Crippen molar-refractivity contribution >= 4 is 28.2 Å². The molecule has 0 amide bonds. The molecule has 0 fully saturated rings.